The molecule has 0 rings (SSSR count). The Morgan fingerprint density at radius 1 is 1.73 bits per heavy atom. The van der Waals surface area contributed by atoms with Crippen molar-refractivity contribution in [2.24, 2.45) is 5.73 Å². The van der Waals surface area contributed by atoms with Gasteiger partial charge in [0.2, 0.25) is 0 Å². The van der Waals surface area contributed by atoms with Gasteiger partial charge in [0.05, 0.1) is 0 Å². The van der Waals surface area contributed by atoms with E-state index in [1.807, 2.05) is 0 Å². The van der Waals surface area contributed by atoms with E-state index in [0.29, 0.717) is 13.1 Å². The molecule has 4 nitrogen and oxygen atoms in total. The SMILES string of the molecule is CC(NCCN)C(=O)O.[Fe].[Na]. The molecule has 6 heteroatoms. The number of nitrogens with two attached hydrogens (primary N) is 1. The normalized spacial score (nSPS) is 10.7. The van der Waals surface area contributed by atoms with E-state index in [4.69, 9.17) is 10.8 Å². The van der Waals surface area contributed by atoms with Gasteiger partial charge < -0.3 is 16.2 Å². The van der Waals surface area contributed by atoms with Gasteiger partial charge in [0, 0.05) is 59.7 Å². The van der Waals surface area contributed by atoms with Crippen LogP contribution >= 0.6 is 0 Å². The molecule has 0 aromatic heterocycles. The fourth-order valence-electron chi connectivity index (χ4n) is 0.387. The van der Waals surface area contributed by atoms with E-state index < -0.39 is 12.0 Å². The first kappa shape index (κ1) is 17.9. The minimum atomic E-state index is -0.844. The summed E-state index contributed by atoms with van der Waals surface area (Å²) in [6.07, 6.45) is 0. The molecule has 63 valence electrons. The summed E-state index contributed by atoms with van der Waals surface area (Å²) in [5, 5.41) is 11.0. The Hall–Kier alpha value is 0.909. The van der Waals surface area contributed by atoms with E-state index in [-0.39, 0.29) is 46.6 Å². The van der Waals surface area contributed by atoms with Gasteiger partial charge in [0.15, 0.2) is 0 Å². The van der Waals surface area contributed by atoms with Crippen molar-refractivity contribution in [3.05, 3.63) is 0 Å². The number of carboxylic acid groups (broad SMARTS) is 1. The summed E-state index contributed by atoms with van der Waals surface area (Å²) in [7, 11) is 0. The standard InChI is InChI=1S/C5H12N2O2.Fe.Na/c1-4(5(8)9)7-3-2-6;;/h4,7H,2-3,6H2,1H3,(H,8,9);;. The first-order valence-electron chi connectivity index (χ1n) is 2.84. The maximum absolute atomic E-state index is 10.1. The van der Waals surface area contributed by atoms with Gasteiger partial charge in [-0.2, -0.15) is 0 Å². The zero-order valence-corrected chi connectivity index (χ0v) is 9.88. The van der Waals surface area contributed by atoms with Crippen LogP contribution in [0.5, 0.6) is 0 Å². The van der Waals surface area contributed by atoms with Gasteiger partial charge in [-0.1, -0.05) is 0 Å². The van der Waals surface area contributed by atoms with E-state index in [2.05, 4.69) is 5.32 Å². The number of carbonyl (C=O) groups is 1. The summed E-state index contributed by atoms with van der Waals surface area (Å²) in [4.78, 5) is 10.1. The molecule has 0 bridgehead atoms. The smallest absolute Gasteiger partial charge is 0.320 e. The molecule has 0 amide bonds. The summed E-state index contributed by atoms with van der Waals surface area (Å²) in [5.74, 6) is -0.844. The first-order chi connectivity index (χ1) is 4.18. The number of aliphatic carboxylic acids is 1. The van der Waals surface area contributed by atoms with Crippen molar-refractivity contribution in [3.8, 4) is 0 Å². The number of hydrogen-bond donors (Lipinski definition) is 3. The van der Waals surface area contributed by atoms with Gasteiger partial charge in [0.1, 0.15) is 6.04 Å². The van der Waals surface area contributed by atoms with Crippen LogP contribution in [0, 0.1) is 0 Å². The van der Waals surface area contributed by atoms with Crippen LogP contribution in [0.2, 0.25) is 0 Å². The zero-order chi connectivity index (χ0) is 7.28. The molecule has 0 saturated heterocycles. The van der Waals surface area contributed by atoms with Crippen molar-refractivity contribution < 1.29 is 27.0 Å². The zero-order valence-electron chi connectivity index (χ0n) is 6.78. The van der Waals surface area contributed by atoms with Crippen LogP contribution in [0.25, 0.3) is 0 Å². The van der Waals surface area contributed by atoms with E-state index in [0.717, 1.165) is 0 Å². The third-order valence-corrected chi connectivity index (χ3v) is 0.965. The maximum Gasteiger partial charge on any atom is 0.320 e. The molecule has 0 fully saturated rings. The number of rotatable bonds is 4. The van der Waals surface area contributed by atoms with Crippen molar-refractivity contribution in [2.45, 2.75) is 13.0 Å². The van der Waals surface area contributed by atoms with Crippen LogP contribution in [-0.4, -0.2) is 59.8 Å². The van der Waals surface area contributed by atoms with Gasteiger partial charge in [-0.25, -0.2) is 0 Å². The molecule has 0 aliphatic heterocycles. The van der Waals surface area contributed by atoms with Crippen LogP contribution in [0.3, 0.4) is 0 Å². The Morgan fingerprint density at radius 2 is 2.18 bits per heavy atom. The third kappa shape index (κ3) is 10.9. The third-order valence-electron chi connectivity index (χ3n) is 0.965. The monoisotopic (exact) mass is 211 g/mol. The van der Waals surface area contributed by atoms with Gasteiger partial charge in [0.25, 0.3) is 0 Å². The summed E-state index contributed by atoms with van der Waals surface area (Å²) in [6.45, 7) is 2.60. The number of nitrogens with one attached hydrogen (secondary N) is 1. The summed E-state index contributed by atoms with van der Waals surface area (Å²) < 4.78 is 0. The fraction of sp³-hybridized carbons (Fsp3) is 0.800. The van der Waals surface area contributed by atoms with Crippen LogP contribution in [0.1, 0.15) is 6.92 Å². The average molecular weight is 211 g/mol. The van der Waals surface area contributed by atoms with Gasteiger partial charge in [-0.15, -0.1) is 0 Å². The second-order valence-electron chi connectivity index (χ2n) is 1.80. The molecule has 1 atom stereocenters. The molecular formula is C5H12FeN2NaO2. The Balaban J connectivity index is -0.000000320. The molecule has 0 spiro atoms. The Morgan fingerprint density at radius 3 is 2.45 bits per heavy atom. The van der Waals surface area contributed by atoms with Crippen molar-refractivity contribution in [1.82, 2.24) is 5.32 Å². The Labute approximate surface area is 99.1 Å². The van der Waals surface area contributed by atoms with Crippen LogP contribution in [0.15, 0.2) is 0 Å². The molecule has 0 aliphatic rings. The predicted octanol–water partition coefficient (Wildman–Crippen LogP) is -1.38. The van der Waals surface area contributed by atoms with Crippen molar-refractivity contribution in [2.75, 3.05) is 13.1 Å². The van der Waals surface area contributed by atoms with Crippen molar-refractivity contribution in [1.29, 1.82) is 0 Å². The van der Waals surface area contributed by atoms with E-state index in [9.17, 15) is 4.79 Å². The minimum Gasteiger partial charge on any atom is -0.480 e. The molecule has 0 aromatic carbocycles. The maximum atomic E-state index is 10.1. The van der Waals surface area contributed by atoms with Gasteiger partial charge in [-0.3, -0.25) is 4.79 Å². The van der Waals surface area contributed by atoms with Crippen LogP contribution in [-0.2, 0) is 21.9 Å². The summed E-state index contributed by atoms with van der Waals surface area (Å²) in [6, 6.07) is -0.492. The molecule has 4 N–H and O–H groups in total. The predicted molar refractivity (Wildman–Crippen MR) is 39.9 cm³/mol. The summed E-state index contributed by atoms with van der Waals surface area (Å²) in [5.41, 5.74) is 5.12. The van der Waals surface area contributed by atoms with E-state index >= 15 is 0 Å². The quantitative estimate of drug-likeness (QED) is 0.501. The molecule has 1 radical (unpaired) electrons. The van der Waals surface area contributed by atoms with E-state index in [1.54, 1.807) is 6.92 Å². The molecular weight excluding hydrogens is 199 g/mol. The fourth-order valence-corrected chi connectivity index (χ4v) is 0.387. The number of hydrogen-bond acceptors (Lipinski definition) is 3. The Bertz CT molecular complexity index is 104. The molecule has 0 heterocycles. The largest absolute Gasteiger partial charge is 0.480 e. The van der Waals surface area contributed by atoms with Crippen molar-refractivity contribution >= 4 is 35.5 Å². The molecule has 11 heavy (non-hydrogen) atoms. The Kier molecular flexibility index (Phi) is 17.7. The van der Waals surface area contributed by atoms with Crippen LogP contribution in [0.4, 0.5) is 0 Å². The van der Waals surface area contributed by atoms with Crippen LogP contribution < -0.4 is 11.1 Å². The summed E-state index contributed by atoms with van der Waals surface area (Å²) >= 11 is 0. The molecule has 0 aliphatic carbocycles. The number of carboxylic acids is 1. The topological polar surface area (TPSA) is 75.3 Å². The minimum absolute atomic E-state index is 0. The average Bonchev–Trinajstić information content (AvgIpc) is 1.82. The second-order valence-corrected chi connectivity index (χ2v) is 1.80. The molecule has 0 saturated carbocycles. The first-order valence-corrected chi connectivity index (χ1v) is 2.84. The van der Waals surface area contributed by atoms with Gasteiger partial charge >= 0.3 is 5.97 Å². The molecule has 1 unspecified atom stereocenters. The van der Waals surface area contributed by atoms with E-state index in [1.165, 1.54) is 0 Å². The van der Waals surface area contributed by atoms with Gasteiger partial charge in [-0.05, 0) is 6.92 Å². The van der Waals surface area contributed by atoms with Crippen molar-refractivity contribution in [3.63, 3.8) is 0 Å². The second kappa shape index (κ2) is 10.9. The molecule has 0 aromatic rings.